The lowest BCUT2D eigenvalue weighted by molar-refractivity contribution is 0.0786. The van der Waals surface area contributed by atoms with E-state index in [-0.39, 0.29) is 12.5 Å². The average molecular weight is 389 g/mol. The maximum Gasteiger partial charge on any atom is 0.411 e. The van der Waals surface area contributed by atoms with Crippen LogP contribution in [0.15, 0.2) is 54.6 Å². The fraction of sp³-hybridized carbons (Fsp3) is 0.261. The van der Waals surface area contributed by atoms with E-state index in [2.05, 4.69) is 10.3 Å². The average Bonchev–Trinajstić information content (AvgIpc) is 3.29. The van der Waals surface area contributed by atoms with E-state index in [1.807, 2.05) is 66.4 Å². The Morgan fingerprint density at radius 2 is 1.72 bits per heavy atom. The first kappa shape index (κ1) is 18.9. The van der Waals surface area contributed by atoms with Crippen LogP contribution in [0.2, 0.25) is 0 Å². The van der Waals surface area contributed by atoms with Crippen molar-refractivity contribution in [2.24, 2.45) is 0 Å². The molecule has 0 spiro atoms. The number of rotatable bonds is 4. The molecule has 6 nitrogen and oxygen atoms in total. The normalized spacial score (nSPS) is 13.5. The number of fused-ring (bicyclic) bond motifs is 1. The number of aromatic nitrogens is 1. The zero-order valence-electron chi connectivity index (χ0n) is 16.4. The third-order valence-corrected chi connectivity index (χ3v) is 5.17. The van der Waals surface area contributed by atoms with Gasteiger partial charge in [-0.1, -0.05) is 48.5 Å². The van der Waals surface area contributed by atoms with Crippen molar-refractivity contribution in [3.05, 3.63) is 71.4 Å². The summed E-state index contributed by atoms with van der Waals surface area (Å²) in [6, 6.07) is 17.0. The lowest BCUT2D eigenvalue weighted by atomic mass is 10.1. The van der Waals surface area contributed by atoms with Crippen LogP contribution in [0.4, 0.5) is 10.5 Å². The molecule has 0 saturated carbocycles. The molecule has 1 aromatic heterocycles. The van der Waals surface area contributed by atoms with Gasteiger partial charge in [-0.25, -0.2) is 9.78 Å². The predicted octanol–water partition coefficient (Wildman–Crippen LogP) is 4.53. The van der Waals surface area contributed by atoms with E-state index >= 15 is 0 Å². The standard InChI is InChI=1S/C23H23N3O3/c1-16-20(25-23(28)29-15-17-9-3-2-4-10-17)18-11-5-6-12-19(18)24-21(16)22(27)26-13-7-8-14-26/h2-6,9-12H,7-8,13-15H2,1H3,(H,24,25,28). The van der Waals surface area contributed by atoms with Crippen LogP contribution in [0.5, 0.6) is 0 Å². The largest absolute Gasteiger partial charge is 0.444 e. The molecule has 0 bridgehead atoms. The highest BCUT2D eigenvalue weighted by atomic mass is 16.5. The van der Waals surface area contributed by atoms with Crippen LogP contribution in [0.25, 0.3) is 10.9 Å². The van der Waals surface area contributed by atoms with Crippen molar-refractivity contribution < 1.29 is 14.3 Å². The van der Waals surface area contributed by atoms with E-state index in [1.54, 1.807) is 0 Å². The summed E-state index contributed by atoms with van der Waals surface area (Å²) >= 11 is 0. The van der Waals surface area contributed by atoms with Crippen molar-refractivity contribution >= 4 is 28.6 Å². The first-order chi connectivity index (χ1) is 14.1. The summed E-state index contributed by atoms with van der Waals surface area (Å²) in [5.41, 5.74) is 3.17. The van der Waals surface area contributed by atoms with Crippen LogP contribution in [0, 0.1) is 6.92 Å². The number of benzene rings is 2. The molecule has 2 heterocycles. The van der Waals surface area contributed by atoms with E-state index in [1.165, 1.54) is 0 Å². The number of carbonyl (C=O) groups is 2. The van der Waals surface area contributed by atoms with Gasteiger partial charge in [0.2, 0.25) is 0 Å². The highest BCUT2D eigenvalue weighted by molar-refractivity contribution is 6.05. The summed E-state index contributed by atoms with van der Waals surface area (Å²) in [5.74, 6) is -0.0912. The minimum atomic E-state index is -0.562. The smallest absolute Gasteiger partial charge is 0.411 e. The predicted molar refractivity (Wildman–Crippen MR) is 112 cm³/mol. The molecule has 29 heavy (non-hydrogen) atoms. The van der Waals surface area contributed by atoms with E-state index < -0.39 is 6.09 Å². The summed E-state index contributed by atoms with van der Waals surface area (Å²) in [6.07, 6.45) is 1.46. The Hall–Kier alpha value is -3.41. The second kappa shape index (κ2) is 8.31. The number of carbonyl (C=O) groups excluding carboxylic acids is 2. The molecule has 2 aromatic carbocycles. The van der Waals surface area contributed by atoms with Crippen molar-refractivity contribution in [2.45, 2.75) is 26.4 Å². The second-order valence-corrected chi connectivity index (χ2v) is 7.16. The van der Waals surface area contributed by atoms with Crippen LogP contribution in [0.3, 0.4) is 0 Å². The Balaban J connectivity index is 1.62. The van der Waals surface area contributed by atoms with E-state index in [0.717, 1.165) is 36.9 Å². The number of likely N-dealkylation sites (tertiary alicyclic amines) is 1. The molecular formula is C23H23N3O3. The van der Waals surface area contributed by atoms with Gasteiger partial charge in [-0.05, 0) is 31.4 Å². The van der Waals surface area contributed by atoms with Crippen LogP contribution in [0.1, 0.15) is 34.5 Å². The SMILES string of the molecule is Cc1c(C(=O)N2CCCC2)nc2ccccc2c1NC(=O)OCc1ccccc1. The highest BCUT2D eigenvalue weighted by Crippen LogP contribution is 2.29. The van der Waals surface area contributed by atoms with Crippen LogP contribution >= 0.6 is 0 Å². The molecule has 1 aliphatic rings. The Bertz CT molecular complexity index is 1040. The van der Waals surface area contributed by atoms with Crippen molar-refractivity contribution in [3.8, 4) is 0 Å². The first-order valence-electron chi connectivity index (χ1n) is 9.80. The number of hydrogen-bond donors (Lipinski definition) is 1. The summed E-state index contributed by atoms with van der Waals surface area (Å²) in [6.45, 7) is 3.48. The number of nitrogens with zero attached hydrogens (tertiary/aromatic N) is 2. The maximum atomic E-state index is 13.0. The Labute approximate surface area is 169 Å². The molecule has 2 amide bonds. The number of ether oxygens (including phenoxy) is 1. The lowest BCUT2D eigenvalue weighted by Crippen LogP contribution is -2.29. The van der Waals surface area contributed by atoms with Crippen molar-refractivity contribution in [3.63, 3.8) is 0 Å². The maximum absolute atomic E-state index is 13.0. The van der Waals surface area contributed by atoms with E-state index in [4.69, 9.17) is 4.74 Å². The number of pyridine rings is 1. The van der Waals surface area contributed by atoms with Gasteiger partial charge in [-0.15, -0.1) is 0 Å². The third kappa shape index (κ3) is 4.06. The lowest BCUT2D eigenvalue weighted by Gasteiger charge is -2.19. The topological polar surface area (TPSA) is 71.5 Å². The summed E-state index contributed by atoms with van der Waals surface area (Å²) in [5, 5.41) is 3.61. The van der Waals surface area contributed by atoms with Crippen molar-refractivity contribution in [1.82, 2.24) is 9.88 Å². The Morgan fingerprint density at radius 3 is 2.48 bits per heavy atom. The van der Waals surface area contributed by atoms with Gasteiger partial charge >= 0.3 is 6.09 Å². The van der Waals surface area contributed by atoms with Crippen LogP contribution in [-0.2, 0) is 11.3 Å². The van der Waals surface area contributed by atoms with Gasteiger partial charge in [0.1, 0.15) is 12.3 Å². The molecule has 3 aromatic rings. The van der Waals surface area contributed by atoms with Gasteiger partial charge in [-0.2, -0.15) is 0 Å². The van der Waals surface area contributed by atoms with Crippen molar-refractivity contribution in [2.75, 3.05) is 18.4 Å². The molecule has 1 N–H and O–H groups in total. The summed E-state index contributed by atoms with van der Waals surface area (Å²) in [7, 11) is 0. The first-order valence-corrected chi connectivity index (χ1v) is 9.80. The molecule has 0 aliphatic carbocycles. The highest BCUT2D eigenvalue weighted by Gasteiger charge is 2.25. The Morgan fingerprint density at radius 1 is 1.03 bits per heavy atom. The van der Waals surface area contributed by atoms with Gasteiger partial charge in [-0.3, -0.25) is 10.1 Å². The number of amides is 2. The molecule has 1 saturated heterocycles. The molecule has 148 valence electrons. The minimum Gasteiger partial charge on any atom is -0.444 e. The zero-order chi connectivity index (χ0) is 20.2. The molecule has 0 radical (unpaired) electrons. The monoisotopic (exact) mass is 389 g/mol. The van der Waals surface area contributed by atoms with Crippen LogP contribution in [-0.4, -0.2) is 35.0 Å². The summed E-state index contributed by atoms with van der Waals surface area (Å²) < 4.78 is 5.37. The van der Waals surface area contributed by atoms with E-state index in [9.17, 15) is 9.59 Å². The molecule has 0 unspecified atom stereocenters. The molecule has 0 atom stereocenters. The number of para-hydroxylation sites is 1. The molecule has 4 rings (SSSR count). The van der Waals surface area contributed by atoms with Gasteiger partial charge in [0.15, 0.2) is 0 Å². The molecule has 6 heteroatoms. The van der Waals surface area contributed by atoms with Crippen molar-refractivity contribution in [1.29, 1.82) is 0 Å². The zero-order valence-corrected chi connectivity index (χ0v) is 16.4. The molecule has 1 fully saturated rings. The van der Waals surface area contributed by atoms with Crippen LogP contribution < -0.4 is 5.32 Å². The number of anilines is 1. The minimum absolute atomic E-state index is 0.0912. The molecular weight excluding hydrogens is 366 g/mol. The molecule has 1 aliphatic heterocycles. The Kier molecular flexibility index (Phi) is 5.42. The fourth-order valence-corrected chi connectivity index (χ4v) is 3.61. The second-order valence-electron chi connectivity index (χ2n) is 7.16. The summed E-state index contributed by atoms with van der Waals surface area (Å²) in [4.78, 5) is 31.9. The quantitative estimate of drug-likeness (QED) is 0.712. The fourth-order valence-electron chi connectivity index (χ4n) is 3.61. The van der Waals surface area contributed by atoms with E-state index in [0.29, 0.717) is 22.5 Å². The van der Waals surface area contributed by atoms with Gasteiger partial charge in [0.25, 0.3) is 5.91 Å². The number of nitrogens with one attached hydrogen (secondary N) is 1. The van der Waals surface area contributed by atoms with Gasteiger partial charge < -0.3 is 9.64 Å². The van der Waals surface area contributed by atoms with Gasteiger partial charge in [0, 0.05) is 24.0 Å². The van der Waals surface area contributed by atoms with Gasteiger partial charge in [0.05, 0.1) is 11.2 Å². The third-order valence-electron chi connectivity index (χ3n) is 5.17. The number of hydrogen-bond acceptors (Lipinski definition) is 4.